The van der Waals surface area contributed by atoms with Gasteiger partial charge >= 0.3 is 0 Å². The molecular weight excluding hydrogens is 238 g/mol. The molecule has 2 rings (SSSR count). The zero-order valence-corrected chi connectivity index (χ0v) is 12.7. The smallest absolute Gasteiger partial charge is 0.0779 e. The van der Waals surface area contributed by atoms with Crippen molar-refractivity contribution in [2.24, 2.45) is 5.73 Å². The molecular formula is C15H31N3O. The number of nitrogens with zero attached hydrogens (tertiary/aromatic N) is 1. The Bertz CT molecular complexity index is 279. The summed E-state index contributed by atoms with van der Waals surface area (Å²) in [4.78, 5) is 2.53. The topological polar surface area (TPSA) is 50.5 Å². The highest BCUT2D eigenvalue weighted by Crippen LogP contribution is 2.27. The largest absolute Gasteiger partial charge is 0.374 e. The van der Waals surface area contributed by atoms with Crippen LogP contribution in [0.15, 0.2) is 0 Å². The Balaban J connectivity index is 1.90. The SMILES string of the molecule is CCN1CCCC(CN)(NCC2(C)CCCO2)CC1. The van der Waals surface area contributed by atoms with Gasteiger partial charge in [0.2, 0.25) is 0 Å². The maximum atomic E-state index is 6.10. The van der Waals surface area contributed by atoms with Crippen molar-refractivity contribution in [1.29, 1.82) is 0 Å². The minimum absolute atomic E-state index is 0.0267. The number of rotatable bonds is 5. The Morgan fingerprint density at radius 3 is 2.68 bits per heavy atom. The first-order valence-electron chi connectivity index (χ1n) is 7.93. The van der Waals surface area contributed by atoms with E-state index in [1.807, 2.05) is 0 Å². The predicted molar refractivity (Wildman–Crippen MR) is 79.3 cm³/mol. The van der Waals surface area contributed by atoms with Gasteiger partial charge in [-0.25, -0.2) is 0 Å². The summed E-state index contributed by atoms with van der Waals surface area (Å²) >= 11 is 0. The van der Waals surface area contributed by atoms with Crippen molar-refractivity contribution in [1.82, 2.24) is 10.2 Å². The fourth-order valence-corrected chi connectivity index (χ4v) is 3.37. The lowest BCUT2D eigenvalue weighted by Crippen LogP contribution is -2.55. The van der Waals surface area contributed by atoms with Crippen molar-refractivity contribution in [2.45, 2.75) is 57.1 Å². The van der Waals surface area contributed by atoms with E-state index in [2.05, 4.69) is 24.1 Å². The molecule has 0 aliphatic carbocycles. The minimum atomic E-state index is 0.0267. The van der Waals surface area contributed by atoms with Crippen molar-refractivity contribution in [2.75, 3.05) is 39.3 Å². The lowest BCUT2D eigenvalue weighted by Gasteiger charge is -2.36. The van der Waals surface area contributed by atoms with Crippen molar-refractivity contribution in [3.63, 3.8) is 0 Å². The van der Waals surface area contributed by atoms with Crippen LogP contribution in [0.5, 0.6) is 0 Å². The van der Waals surface area contributed by atoms with Crippen LogP contribution in [-0.2, 0) is 4.74 Å². The van der Waals surface area contributed by atoms with Crippen LogP contribution in [0.1, 0.15) is 46.0 Å². The first-order chi connectivity index (χ1) is 9.11. The average Bonchev–Trinajstić information content (AvgIpc) is 2.75. The molecule has 0 saturated carbocycles. The van der Waals surface area contributed by atoms with Crippen molar-refractivity contribution < 1.29 is 4.74 Å². The molecule has 19 heavy (non-hydrogen) atoms. The molecule has 0 bridgehead atoms. The quantitative estimate of drug-likeness (QED) is 0.791. The highest BCUT2D eigenvalue weighted by atomic mass is 16.5. The second-order valence-electron chi connectivity index (χ2n) is 6.53. The molecule has 0 aromatic carbocycles. The summed E-state index contributed by atoms with van der Waals surface area (Å²) in [7, 11) is 0. The highest BCUT2D eigenvalue weighted by molar-refractivity contribution is 4.95. The van der Waals surface area contributed by atoms with E-state index >= 15 is 0 Å². The predicted octanol–water partition coefficient (Wildman–Crippen LogP) is 1.35. The third-order valence-corrected chi connectivity index (χ3v) is 5.01. The van der Waals surface area contributed by atoms with E-state index in [4.69, 9.17) is 10.5 Å². The molecule has 4 heteroatoms. The van der Waals surface area contributed by atoms with E-state index in [1.165, 1.54) is 32.2 Å². The lowest BCUT2D eigenvalue weighted by molar-refractivity contribution is 0.0134. The average molecular weight is 269 g/mol. The van der Waals surface area contributed by atoms with Gasteiger partial charge in [0.1, 0.15) is 0 Å². The highest BCUT2D eigenvalue weighted by Gasteiger charge is 2.35. The third-order valence-electron chi connectivity index (χ3n) is 5.01. The molecule has 2 saturated heterocycles. The van der Waals surface area contributed by atoms with Gasteiger partial charge in [-0.1, -0.05) is 6.92 Å². The number of likely N-dealkylation sites (tertiary alicyclic amines) is 1. The fraction of sp³-hybridized carbons (Fsp3) is 1.00. The van der Waals surface area contributed by atoms with Crippen molar-refractivity contribution in [3.8, 4) is 0 Å². The Hall–Kier alpha value is -0.160. The zero-order valence-electron chi connectivity index (χ0n) is 12.7. The summed E-state index contributed by atoms with van der Waals surface area (Å²) in [6, 6.07) is 0. The number of hydrogen-bond acceptors (Lipinski definition) is 4. The molecule has 0 aromatic rings. The monoisotopic (exact) mass is 269 g/mol. The van der Waals surface area contributed by atoms with Gasteiger partial charge in [0.25, 0.3) is 0 Å². The maximum Gasteiger partial charge on any atom is 0.0779 e. The molecule has 2 fully saturated rings. The minimum Gasteiger partial charge on any atom is -0.374 e. The molecule has 2 heterocycles. The molecule has 2 unspecified atom stereocenters. The number of nitrogens with two attached hydrogens (primary N) is 1. The van der Waals surface area contributed by atoms with E-state index in [1.54, 1.807) is 0 Å². The number of nitrogens with one attached hydrogen (secondary N) is 1. The van der Waals surface area contributed by atoms with Crippen LogP contribution in [0.4, 0.5) is 0 Å². The van der Waals surface area contributed by atoms with Gasteiger partial charge in [-0.05, 0) is 58.7 Å². The number of ether oxygens (including phenoxy) is 1. The molecule has 2 atom stereocenters. The molecule has 0 radical (unpaired) electrons. The van der Waals surface area contributed by atoms with Gasteiger partial charge in [-0.3, -0.25) is 0 Å². The molecule has 0 spiro atoms. The van der Waals surface area contributed by atoms with Crippen LogP contribution in [0, 0.1) is 0 Å². The fourth-order valence-electron chi connectivity index (χ4n) is 3.37. The van der Waals surface area contributed by atoms with Crippen molar-refractivity contribution in [3.05, 3.63) is 0 Å². The van der Waals surface area contributed by atoms with E-state index in [9.17, 15) is 0 Å². The standard InChI is InChI=1S/C15H31N3O/c1-3-18-9-4-7-15(12-16,8-10-18)17-13-14(2)6-5-11-19-14/h17H,3-13,16H2,1-2H3. The summed E-state index contributed by atoms with van der Waals surface area (Å²) in [5.74, 6) is 0. The van der Waals surface area contributed by atoms with Crippen LogP contribution in [0.2, 0.25) is 0 Å². The number of hydrogen-bond donors (Lipinski definition) is 2. The Morgan fingerprint density at radius 1 is 1.21 bits per heavy atom. The summed E-state index contributed by atoms with van der Waals surface area (Å²) in [5, 5.41) is 3.78. The first kappa shape index (κ1) is 15.2. The van der Waals surface area contributed by atoms with E-state index in [0.717, 1.165) is 39.2 Å². The van der Waals surface area contributed by atoms with Crippen molar-refractivity contribution >= 4 is 0 Å². The Kier molecular flexibility index (Phi) is 5.23. The summed E-state index contributed by atoms with van der Waals surface area (Å²) in [6.07, 6.45) is 5.96. The van der Waals surface area contributed by atoms with Crippen LogP contribution in [-0.4, -0.2) is 55.4 Å². The third kappa shape index (κ3) is 3.91. The van der Waals surface area contributed by atoms with Gasteiger partial charge in [0.15, 0.2) is 0 Å². The molecule has 4 nitrogen and oxygen atoms in total. The molecule has 0 amide bonds. The van der Waals surface area contributed by atoms with Gasteiger partial charge in [0.05, 0.1) is 5.60 Å². The lowest BCUT2D eigenvalue weighted by atomic mass is 9.89. The molecule has 112 valence electrons. The second kappa shape index (κ2) is 6.53. The Morgan fingerprint density at radius 2 is 2.05 bits per heavy atom. The van der Waals surface area contributed by atoms with E-state index in [0.29, 0.717) is 0 Å². The summed E-state index contributed by atoms with van der Waals surface area (Å²) in [5.41, 5.74) is 6.25. The van der Waals surface area contributed by atoms with Gasteiger partial charge in [-0.2, -0.15) is 0 Å². The maximum absolute atomic E-state index is 6.10. The van der Waals surface area contributed by atoms with Crippen LogP contribution >= 0.6 is 0 Å². The second-order valence-corrected chi connectivity index (χ2v) is 6.53. The molecule has 2 aliphatic rings. The van der Waals surface area contributed by atoms with Crippen LogP contribution in [0.25, 0.3) is 0 Å². The van der Waals surface area contributed by atoms with Crippen LogP contribution in [0.3, 0.4) is 0 Å². The first-order valence-corrected chi connectivity index (χ1v) is 7.93. The van der Waals surface area contributed by atoms with E-state index in [-0.39, 0.29) is 11.1 Å². The Labute approximate surface area is 118 Å². The zero-order chi connectivity index (χ0) is 13.8. The van der Waals surface area contributed by atoms with E-state index < -0.39 is 0 Å². The normalized spacial score (nSPS) is 37.4. The van der Waals surface area contributed by atoms with Gasteiger partial charge in [-0.15, -0.1) is 0 Å². The molecule has 2 aliphatic heterocycles. The molecule has 0 aromatic heterocycles. The summed E-state index contributed by atoms with van der Waals surface area (Å²) in [6.45, 7) is 10.6. The summed E-state index contributed by atoms with van der Waals surface area (Å²) < 4.78 is 5.88. The van der Waals surface area contributed by atoms with Gasteiger partial charge < -0.3 is 20.7 Å². The van der Waals surface area contributed by atoms with Gasteiger partial charge in [0, 0.05) is 25.2 Å². The molecule has 3 N–H and O–H groups in total. The van der Waals surface area contributed by atoms with Crippen LogP contribution < -0.4 is 11.1 Å².